The van der Waals surface area contributed by atoms with Crippen LogP contribution in [0.3, 0.4) is 0 Å². The second-order valence-electron chi connectivity index (χ2n) is 7.29. The number of pyridine rings is 1. The van der Waals surface area contributed by atoms with Crippen molar-refractivity contribution in [1.82, 2.24) is 4.68 Å². The van der Waals surface area contributed by atoms with Crippen molar-refractivity contribution in [2.24, 2.45) is 0 Å². The number of rotatable bonds is 2. The van der Waals surface area contributed by atoms with Gasteiger partial charge in [-0.3, -0.25) is 9.47 Å². The zero-order valence-corrected chi connectivity index (χ0v) is 15.1. The van der Waals surface area contributed by atoms with Crippen LogP contribution in [0.4, 0.5) is 0 Å². The third kappa shape index (κ3) is 2.77. The molecule has 0 atom stereocenters. The number of aromatic nitrogens is 1. The van der Waals surface area contributed by atoms with Crippen molar-refractivity contribution in [3.63, 3.8) is 0 Å². The summed E-state index contributed by atoms with van der Waals surface area (Å²) in [5, 5.41) is 11.4. The van der Waals surface area contributed by atoms with Gasteiger partial charge in [0.1, 0.15) is 11.3 Å². The van der Waals surface area contributed by atoms with E-state index in [2.05, 4.69) is 31.8 Å². The summed E-state index contributed by atoms with van der Waals surface area (Å²) in [6.07, 6.45) is 1.42. The lowest BCUT2D eigenvalue weighted by Gasteiger charge is -2.44. The number of methoxy groups -OCH3 is 1. The normalized spacial score (nSPS) is 13.2. The monoisotopic (exact) mass is 342 g/mol. The molecule has 0 fully saturated rings. The number of aryl methyl sites for hydroxylation is 1. The van der Waals surface area contributed by atoms with Crippen LogP contribution in [0, 0.1) is 6.92 Å². The van der Waals surface area contributed by atoms with E-state index in [0.29, 0.717) is 12.2 Å². The fourth-order valence-corrected chi connectivity index (χ4v) is 3.22. The third-order valence-electron chi connectivity index (χ3n) is 4.51. The van der Waals surface area contributed by atoms with Gasteiger partial charge in [-0.25, -0.2) is 4.79 Å². The standard InChI is InChI=1S/C19H22N2O4/c1-11-6-12-9-21(19(2,3)4)20-10-14(18(23)24)16(22)8-15(20)13(12)7-17(11)25-5/h6-8,10H,9H2,1-5H3,(H,23,24). The summed E-state index contributed by atoms with van der Waals surface area (Å²) in [7, 11) is 1.61. The first-order valence-electron chi connectivity index (χ1n) is 8.09. The van der Waals surface area contributed by atoms with E-state index in [-0.39, 0.29) is 11.1 Å². The molecule has 0 bridgehead atoms. The molecule has 0 saturated heterocycles. The van der Waals surface area contributed by atoms with E-state index in [0.717, 1.165) is 22.4 Å². The molecule has 25 heavy (non-hydrogen) atoms. The molecule has 1 aliphatic rings. The molecule has 1 N–H and O–H groups in total. The minimum atomic E-state index is -1.22. The highest BCUT2D eigenvalue weighted by molar-refractivity contribution is 5.88. The summed E-state index contributed by atoms with van der Waals surface area (Å²) in [6.45, 7) is 8.75. The van der Waals surface area contributed by atoms with Crippen molar-refractivity contribution in [1.29, 1.82) is 0 Å². The highest BCUT2D eigenvalue weighted by Crippen LogP contribution is 2.36. The first kappa shape index (κ1) is 17.1. The number of nitrogens with zero attached hydrogens (tertiary/aromatic N) is 2. The highest BCUT2D eigenvalue weighted by atomic mass is 16.5. The van der Waals surface area contributed by atoms with Crippen LogP contribution in [0.2, 0.25) is 0 Å². The molecule has 2 aromatic rings. The van der Waals surface area contributed by atoms with Crippen molar-refractivity contribution in [3.05, 3.63) is 51.3 Å². The van der Waals surface area contributed by atoms with Crippen molar-refractivity contribution in [2.45, 2.75) is 39.8 Å². The average Bonchev–Trinajstić information content (AvgIpc) is 2.51. The Morgan fingerprint density at radius 1 is 1.24 bits per heavy atom. The Labute approximate surface area is 146 Å². The van der Waals surface area contributed by atoms with Gasteiger partial charge < -0.3 is 14.9 Å². The largest absolute Gasteiger partial charge is 0.496 e. The molecule has 3 rings (SSSR count). The minimum Gasteiger partial charge on any atom is -0.496 e. The van der Waals surface area contributed by atoms with E-state index in [1.165, 1.54) is 12.3 Å². The fraction of sp³-hybridized carbons (Fsp3) is 0.368. The van der Waals surface area contributed by atoms with Gasteiger partial charge in [-0.1, -0.05) is 0 Å². The van der Waals surface area contributed by atoms with E-state index >= 15 is 0 Å². The van der Waals surface area contributed by atoms with E-state index in [1.54, 1.807) is 11.8 Å². The molecule has 0 saturated carbocycles. The van der Waals surface area contributed by atoms with Gasteiger partial charge in [0.15, 0.2) is 5.43 Å². The zero-order chi connectivity index (χ0) is 18.5. The van der Waals surface area contributed by atoms with E-state index < -0.39 is 11.4 Å². The first-order chi connectivity index (χ1) is 11.6. The summed E-state index contributed by atoms with van der Waals surface area (Å²) in [5.41, 5.74) is 2.66. The summed E-state index contributed by atoms with van der Waals surface area (Å²) in [5.74, 6) is -0.481. The molecule has 0 radical (unpaired) electrons. The number of benzene rings is 1. The van der Waals surface area contributed by atoms with Crippen LogP contribution in [0.15, 0.2) is 29.2 Å². The summed E-state index contributed by atoms with van der Waals surface area (Å²) in [6, 6.07) is 5.37. The van der Waals surface area contributed by atoms with Crippen LogP contribution in [0.1, 0.15) is 42.3 Å². The van der Waals surface area contributed by atoms with E-state index in [1.807, 2.05) is 13.0 Å². The number of carboxylic acids is 1. The molecule has 1 aliphatic heterocycles. The molecule has 2 heterocycles. The Balaban J connectivity index is 2.35. The van der Waals surface area contributed by atoms with Gasteiger partial charge in [0.2, 0.25) is 0 Å². The van der Waals surface area contributed by atoms with Crippen molar-refractivity contribution in [3.8, 4) is 17.0 Å². The second-order valence-corrected chi connectivity index (χ2v) is 7.29. The van der Waals surface area contributed by atoms with E-state index in [9.17, 15) is 14.7 Å². The highest BCUT2D eigenvalue weighted by Gasteiger charge is 2.31. The summed E-state index contributed by atoms with van der Waals surface area (Å²) >= 11 is 0. The summed E-state index contributed by atoms with van der Waals surface area (Å²) in [4.78, 5) is 23.7. The molecule has 132 valence electrons. The lowest BCUT2D eigenvalue weighted by molar-refractivity contribution is 0.0694. The van der Waals surface area contributed by atoms with Crippen LogP contribution >= 0.6 is 0 Å². The molecule has 1 aromatic heterocycles. The molecule has 0 aliphatic carbocycles. The second kappa shape index (κ2) is 5.65. The Morgan fingerprint density at radius 2 is 1.92 bits per heavy atom. The molecule has 6 nitrogen and oxygen atoms in total. The lowest BCUT2D eigenvalue weighted by Crippen LogP contribution is -2.51. The first-order valence-corrected chi connectivity index (χ1v) is 8.09. The lowest BCUT2D eigenvalue weighted by atomic mass is 9.96. The van der Waals surface area contributed by atoms with Crippen LogP contribution in [0.25, 0.3) is 11.3 Å². The van der Waals surface area contributed by atoms with Gasteiger partial charge >= 0.3 is 5.97 Å². The number of ether oxygens (including phenoxy) is 1. The smallest absolute Gasteiger partial charge is 0.341 e. The third-order valence-corrected chi connectivity index (χ3v) is 4.51. The number of aromatic carboxylic acids is 1. The maximum absolute atomic E-state index is 12.3. The van der Waals surface area contributed by atoms with Crippen LogP contribution < -0.4 is 15.2 Å². The van der Waals surface area contributed by atoms with Crippen molar-refractivity contribution >= 4 is 5.97 Å². The Kier molecular flexibility index (Phi) is 3.86. The Bertz CT molecular complexity index is 922. The number of carboxylic acid groups (broad SMARTS) is 1. The fourth-order valence-electron chi connectivity index (χ4n) is 3.22. The van der Waals surface area contributed by atoms with Gasteiger partial charge in [-0.2, -0.15) is 0 Å². The Morgan fingerprint density at radius 3 is 2.48 bits per heavy atom. The van der Waals surface area contributed by atoms with Gasteiger partial charge in [0.25, 0.3) is 0 Å². The zero-order valence-electron chi connectivity index (χ0n) is 15.1. The van der Waals surface area contributed by atoms with Crippen molar-refractivity contribution in [2.75, 3.05) is 12.1 Å². The van der Waals surface area contributed by atoms with Gasteiger partial charge in [0.05, 0.1) is 19.3 Å². The van der Waals surface area contributed by atoms with Crippen LogP contribution in [-0.4, -0.2) is 28.4 Å². The molecule has 6 heteroatoms. The number of hydrogen-bond donors (Lipinski definition) is 1. The summed E-state index contributed by atoms with van der Waals surface area (Å²) < 4.78 is 7.20. The maximum atomic E-state index is 12.3. The quantitative estimate of drug-likeness (QED) is 0.909. The molecule has 0 unspecified atom stereocenters. The predicted molar refractivity (Wildman–Crippen MR) is 96.1 cm³/mol. The topological polar surface area (TPSA) is 71.8 Å². The van der Waals surface area contributed by atoms with E-state index in [4.69, 9.17) is 4.74 Å². The Hall–Kier alpha value is -2.76. The van der Waals surface area contributed by atoms with Gasteiger partial charge in [-0.05, 0) is 51.0 Å². The van der Waals surface area contributed by atoms with Crippen LogP contribution in [-0.2, 0) is 6.54 Å². The van der Waals surface area contributed by atoms with Gasteiger partial charge in [0, 0.05) is 23.4 Å². The molecule has 1 aromatic carbocycles. The molecule has 0 spiro atoms. The minimum absolute atomic E-state index is 0.236. The number of hydrogen-bond acceptors (Lipinski definition) is 4. The maximum Gasteiger partial charge on any atom is 0.341 e. The SMILES string of the molecule is COc1cc2c(cc1C)CN(C(C)(C)C)n1cc(C(=O)O)c(=O)cc1-2. The average molecular weight is 342 g/mol. The van der Waals surface area contributed by atoms with Gasteiger partial charge in [-0.15, -0.1) is 0 Å². The predicted octanol–water partition coefficient (Wildman–Crippen LogP) is 2.78. The molecular weight excluding hydrogens is 320 g/mol. The number of fused-ring (bicyclic) bond motifs is 3. The van der Waals surface area contributed by atoms with Crippen molar-refractivity contribution < 1.29 is 14.6 Å². The number of carbonyl (C=O) groups is 1. The molecular formula is C19H22N2O4. The van der Waals surface area contributed by atoms with Crippen LogP contribution in [0.5, 0.6) is 5.75 Å². The molecule has 0 amide bonds.